The van der Waals surface area contributed by atoms with Gasteiger partial charge in [0.1, 0.15) is 5.78 Å². The summed E-state index contributed by atoms with van der Waals surface area (Å²) in [6.45, 7) is 4.35. The average molecular weight is 298 g/mol. The second-order valence-electron chi connectivity index (χ2n) is 5.95. The van der Waals surface area contributed by atoms with Crippen LogP contribution in [0.1, 0.15) is 84.5 Å². The van der Waals surface area contributed by atoms with Gasteiger partial charge < -0.3 is 11.1 Å². The Kier molecular flexibility index (Phi) is 13.5. The number of unbranched alkanes of at least 4 members (excludes halogenated alkanes) is 9. The first-order chi connectivity index (χ1) is 10.1. The van der Waals surface area contributed by atoms with Crippen molar-refractivity contribution in [2.24, 2.45) is 5.73 Å². The lowest BCUT2D eigenvalue weighted by atomic mass is 10.1. The van der Waals surface area contributed by atoms with Gasteiger partial charge in [0.2, 0.25) is 5.91 Å². The van der Waals surface area contributed by atoms with Gasteiger partial charge in [-0.15, -0.1) is 0 Å². The van der Waals surface area contributed by atoms with E-state index in [1.54, 1.807) is 0 Å². The van der Waals surface area contributed by atoms with Crippen LogP contribution in [-0.2, 0) is 9.59 Å². The number of hydrogen-bond donors (Lipinski definition) is 2. The number of carbonyl (C=O) groups is 2. The maximum absolute atomic E-state index is 11.5. The van der Waals surface area contributed by atoms with E-state index in [4.69, 9.17) is 5.73 Å². The molecule has 0 bridgehead atoms. The third-order valence-electron chi connectivity index (χ3n) is 3.78. The van der Waals surface area contributed by atoms with Gasteiger partial charge in [-0.25, -0.2) is 0 Å². The number of nitrogens with two attached hydrogens (primary N) is 1. The maximum atomic E-state index is 11.5. The first-order valence-corrected chi connectivity index (χ1v) is 8.60. The van der Waals surface area contributed by atoms with E-state index in [0.29, 0.717) is 6.54 Å². The fraction of sp³-hybridized carbons (Fsp3) is 0.882. The molecule has 0 aliphatic rings. The molecular weight excluding hydrogens is 264 g/mol. The number of amides is 1. The second kappa shape index (κ2) is 14.1. The molecule has 1 amide bonds. The lowest BCUT2D eigenvalue weighted by Gasteiger charge is -2.08. The highest BCUT2D eigenvalue weighted by Gasteiger charge is 2.12. The van der Waals surface area contributed by atoms with E-state index in [1.165, 1.54) is 58.3 Å². The topological polar surface area (TPSA) is 72.2 Å². The molecule has 0 saturated carbocycles. The molecule has 0 fully saturated rings. The van der Waals surface area contributed by atoms with Gasteiger partial charge in [0.15, 0.2) is 0 Å². The first-order valence-electron chi connectivity index (χ1n) is 8.60. The Morgan fingerprint density at radius 2 is 1.38 bits per heavy atom. The van der Waals surface area contributed by atoms with Crippen molar-refractivity contribution in [3.63, 3.8) is 0 Å². The quantitative estimate of drug-likeness (QED) is 0.483. The van der Waals surface area contributed by atoms with Crippen molar-refractivity contribution in [1.29, 1.82) is 0 Å². The van der Waals surface area contributed by atoms with Crippen molar-refractivity contribution < 1.29 is 9.59 Å². The van der Waals surface area contributed by atoms with Crippen molar-refractivity contribution in [2.45, 2.75) is 90.5 Å². The van der Waals surface area contributed by atoms with Crippen molar-refractivity contribution in [1.82, 2.24) is 5.32 Å². The van der Waals surface area contributed by atoms with Crippen molar-refractivity contribution >= 4 is 11.7 Å². The molecular formula is C17H34N2O2. The molecule has 0 radical (unpaired) electrons. The van der Waals surface area contributed by atoms with Crippen molar-refractivity contribution in [2.75, 3.05) is 6.54 Å². The van der Waals surface area contributed by atoms with Gasteiger partial charge in [-0.05, 0) is 13.3 Å². The maximum Gasteiger partial charge on any atom is 0.222 e. The molecule has 0 aliphatic heterocycles. The van der Waals surface area contributed by atoms with E-state index >= 15 is 0 Å². The highest BCUT2D eigenvalue weighted by molar-refractivity contribution is 5.87. The summed E-state index contributed by atoms with van der Waals surface area (Å²) in [5.74, 6) is -0.252. The molecule has 0 spiro atoms. The van der Waals surface area contributed by atoms with Gasteiger partial charge in [0, 0.05) is 13.0 Å². The van der Waals surface area contributed by atoms with E-state index in [0.717, 1.165) is 12.8 Å². The summed E-state index contributed by atoms with van der Waals surface area (Å²) >= 11 is 0. The summed E-state index contributed by atoms with van der Waals surface area (Å²) in [6.07, 6.45) is 13.0. The number of hydrogen-bond acceptors (Lipinski definition) is 3. The molecule has 0 unspecified atom stereocenters. The third-order valence-corrected chi connectivity index (χ3v) is 3.78. The lowest BCUT2D eigenvalue weighted by molar-refractivity contribution is -0.125. The number of carbonyl (C=O) groups excluding carboxylic acids is 2. The predicted molar refractivity (Wildman–Crippen MR) is 88.1 cm³/mol. The molecule has 1 atom stereocenters. The molecule has 0 aliphatic carbocycles. The SMILES string of the molecule is CCCCCCCCCCCCNC(=O)C[C@H](N)C(C)=O. The monoisotopic (exact) mass is 298 g/mol. The molecule has 21 heavy (non-hydrogen) atoms. The minimum absolute atomic E-state index is 0.104. The molecule has 0 heterocycles. The first kappa shape index (κ1) is 20.1. The van der Waals surface area contributed by atoms with E-state index < -0.39 is 6.04 Å². The Morgan fingerprint density at radius 1 is 0.905 bits per heavy atom. The molecule has 0 rings (SSSR count). The van der Waals surface area contributed by atoms with Crippen LogP contribution in [0.3, 0.4) is 0 Å². The van der Waals surface area contributed by atoms with E-state index in [2.05, 4.69) is 12.2 Å². The van der Waals surface area contributed by atoms with E-state index in [-0.39, 0.29) is 18.1 Å². The fourth-order valence-electron chi connectivity index (χ4n) is 2.26. The Bertz CT molecular complexity index is 280. The van der Waals surface area contributed by atoms with Crippen LogP contribution in [0.2, 0.25) is 0 Å². The summed E-state index contributed by atoms with van der Waals surface area (Å²) < 4.78 is 0. The lowest BCUT2D eigenvalue weighted by Crippen LogP contribution is -2.36. The van der Waals surface area contributed by atoms with Crippen LogP contribution in [0.15, 0.2) is 0 Å². The summed E-state index contributed by atoms with van der Waals surface area (Å²) in [5, 5.41) is 2.82. The molecule has 0 aromatic heterocycles. The van der Waals surface area contributed by atoms with Gasteiger partial charge in [-0.2, -0.15) is 0 Å². The standard InChI is InChI=1S/C17H34N2O2/c1-3-4-5-6-7-8-9-10-11-12-13-19-17(21)14-16(18)15(2)20/h16H,3-14,18H2,1-2H3,(H,19,21)/t16-/m0/s1. The van der Waals surface area contributed by atoms with Gasteiger partial charge >= 0.3 is 0 Å². The predicted octanol–water partition coefficient (Wildman–Crippen LogP) is 3.33. The fourth-order valence-corrected chi connectivity index (χ4v) is 2.26. The van der Waals surface area contributed by atoms with Crippen molar-refractivity contribution in [3.8, 4) is 0 Å². The second-order valence-corrected chi connectivity index (χ2v) is 5.95. The van der Waals surface area contributed by atoms with Crippen LogP contribution in [-0.4, -0.2) is 24.3 Å². The Morgan fingerprint density at radius 3 is 1.86 bits per heavy atom. The zero-order chi connectivity index (χ0) is 15.9. The van der Waals surface area contributed by atoms with Crippen LogP contribution in [0, 0.1) is 0 Å². The number of rotatable bonds is 14. The molecule has 3 N–H and O–H groups in total. The number of nitrogens with one attached hydrogen (secondary N) is 1. The van der Waals surface area contributed by atoms with Gasteiger partial charge in [0.05, 0.1) is 6.04 Å². The molecule has 0 saturated heterocycles. The highest BCUT2D eigenvalue weighted by atomic mass is 16.2. The summed E-state index contributed by atoms with van der Waals surface area (Å²) in [6, 6.07) is -0.655. The molecule has 4 nitrogen and oxygen atoms in total. The largest absolute Gasteiger partial charge is 0.356 e. The molecule has 0 aromatic carbocycles. The highest BCUT2D eigenvalue weighted by Crippen LogP contribution is 2.10. The normalized spacial score (nSPS) is 12.1. The zero-order valence-electron chi connectivity index (χ0n) is 14.0. The van der Waals surface area contributed by atoms with Crippen LogP contribution in [0.4, 0.5) is 0 Å². The summed E-state index contributed by atoms with van der Waals surface area (Å²) in [4.78, 5) is 22.4. The summed E-state index contributed by atoms with van der Waals surface area (Å²) in [7, 11) is 0. The van der Waals surface area contributed by atoms with Gasteiger partial charge in [-0.3, -0.25) is 9.59 Å². The Labute approximate surface area is 130 Å². The Balaban J connectivity index is 3.25. The third kappa shape index (κ3) is 13.8. The van der Waals surface area contributed by atoms with Crippen molar-refractivity contribution in [3.05, 3.63) is 0 Å². The molecule has 0 aromatic rings. The van der Waals surface area contributed by atoms with Crippen LogP contribution < -0.4 is 11.1 Å². The average Bonchev–Trinajstić information content (AvgIpc) is 2.44. The Hall–Kier alpha value is -0.900. The van der Waals surface area contributed by atoms with E-state index in [9.17, 15) is 9.59 Å². The molecule has 124 valence electrons. The summed E-state index contributed by atoms with van der Waals surface area (Å²) in [5.41, 5.74) is 5.54. The minimum atomic E-state index is -0.655. The van der Waals surface area contributed by atoms with Crippen LogP contribution in [0.5, 0.6) is 0 Å². The number of Topliss-reactive ketones (excluding diaryl/α,β-unsaturated/α-hetero) is 1. The zero-order valence-corrected chi connectivity index (χ0v) is 14.0. The van der Waals surface area contributed by atoms with E-state index in [1.807, 2.05) is 0 Å². The van der Waals surface area contributed by atoms with Crippen LogP contribution >= 0.6 is 0 Å². The molecule has 4 heteroatoms. The smallest absolute Gasteiger partial charge is 0.222 e. The van der Waals surface area contributed by atoms with Gasteiger partial charge in [0.25, 0.3) is 0 Å². The minimum Gasteiger partial charge on any atom is -0.356 e. The van der Waals surface area contributed by atoms with Gasteiger partial charge in [-0.1, -0.05) is 64.7 Å². The van der Waals surface area contributed by atoms with Crippen LogP contribution in [0.25, 0.3) is 0 Å². The number of ketones is 1.